The number of nitrogen functional groups attached to an aromatic ring is 1. The summed E-state index contributed by atoms with van der Waals surface area (Å²) in [6, 6.07) is 21.8. The van der Waals surface area contributed by atoms with Crippen LogP contribution in [0.4, 0.5) is 5.82 Å². The molecule has 0 fully saturated rings. The van der Waals surface area contributed by atoms with E-state index in [2.05, 4.69) is 32.2 Å². The van der Waals surface area contributed by atoms with E-state index >= 15 is 0 Å². The highest BCUT2D eigenvalue weighted by Crippen LogP contribution is 2.24. The van der Waals surface area contributed by atoms with Crippen LogP contribution in [0.1, 0.15) is 45.8 Å². The molecule has 0 radical (unpaired) electrons. The Kier molecular flexibility index (Phi) is 6.49. The Morgan fingerprint density at radius 1 is 1.00 bits per heavy atom. The molecule has 4 N–H and O–H groups in total. The van der Waals surface area contributed by atoms with Crippen LogP contribution in [0.15, 0.2) is 96.2 Å². The van der Waals surface area contributed by atoms with E-state index in [1.807, 2.05) is 80.6 Å². The average molecular weight is 541 g/mol. The van der Waals surface area contributed by atoms with Gasteiger partial charge in [-0.05, 0) is 60.6 Å². The van der Waals surface area contributed by atoms with Crippen molar-refractivity contribution in [2.24, 2.45) is 0 Å². The van der Waals surface area contributed by atoms with Gasteiger partial charge in [0.05, 0.1) is 17.1 Å². The van der Waals surface area contributed by atoms with E-state index in [4.69, 9.17) is 5.73 Å². The van der Waals surface area contributed by atoms with E-state index < -0.39 is 11.9 Å². The number of hydrogen-bond donors (Lipinski definition) is 3. The molecule has 1 amide bonds. The lowest BCUT2D eigenvalue weighted by Crippen LogP contribution is -2.33. The van der Waals surface area contributed by atoms with Gasteiger partial charge >= 0.3 is 5.65 Å². The molecule has 6 rings (SSSR count). The molecule has 4 heterocycles. The monoisotopic (exact) mass is 540 g/mol. The number of anilines is 1. The molecule has 0 spiro atoms. The Bertz CT molecular complexity index is 2070. The van der Waals surface area contributed by atoms with Crippen LogP contribution in [0, 0.1) is 18.8 Å². The van der Waals surface area contributed by atoms with Gasteiger partial charge in [0.2, 0.25) is 0 Å². The molecule has 0 aliphatic heterocycles. The third kappa shape index (κ3) is 4.68. The number of benzene rings is 2. The van der Waals surface area contributed by atoms with Crippen LogP contribution in [0.3, 0.4) is 0 Å². The largest absolute Gasteiger partial charge is 0.382 e. The average Bonchev–Trinajstić information content (AvgIpc) is 3.32. The van der Waals surface area contributed by atoms with Gasteiger partial charge in [0.25, 0.3) is 11.5 Å². The van der Waals surface area contributed by atoms with Crippen molar-refractivity contribution in [1.29, 1.82) is 0 Å². The number of amides is 1. The number of aromatic amines is 1. The fourth-order valence-electron chi connectivity index (χ4n) is 4.92. The molecule has 200 valence electrons. The normalized spacial score (nSPS) is 11.7. The van der Waals surface area contributed by atoms with Crippen LogP contribution in [-0.2, 0) is 0 Å². The first-order valence-electron chi connectivity index (χ1n) is 13.0. The van der Waals surface area contributed by atoms with E-state index in [0.29, 0.717) is 28.0 Å². The predicted molar refractivity (Wildman–Crippen MR) is 157 cm³/mol. The highest BCUT2D eigenvalue weighted by molar-refractivity contribution is 6.03. The SMILES string of the molecule is Cc1ncccc1C#Cc1cccc2cc(C(C)NC(=O)c3c(N)[nH][n+]4cccnc34)n(-c3ccccc3)c(=O)c12. The zero-order valence-corrected chi connectivity index (χ0v) is 22.4. The summed E-state index contributed by atoms with van der Waals surface area (Å²) in [4.78, 5) is 36.3. The lowest BCUT2D eigenvalue weighted by Gasteiger charge is -2.21. The summed E-state index contributed by atoms with van der Waals surface area (Å²) in [5.41, 5.74) is 10.0. The first-order chi connectivity index (χ1) is 19.9. The number of hydrogen-bond acceptors (Lipinski definition) is 5. The van der Waals surface area contributed by atoms with Gasteiger partial charge in [0, 0.05) is 34.8 Å². The Morgan fingerprint density at radius 2 is 1.76 bits per heavy atom. The second kappa shape index (κ2) is 10.4. The van der Waals surface area contributed by atoms with Gasteiger partial charge in [-0.2, -0.15) is 0 Å². The number of aromatic nitrogens is 5. The van der Waals surface area contributed by atoms with Crippen LogP contribution in [0.25, 0.3) is 22.1 Å². The summed E-state index contributed by atoms with van der Waals surface area (Å²) in [6.45, 7) is 3.73. The van der Waals surface area contributed by atoms with Crippen molar-refractivity contribution in [3.63, 3.8) is 0 Å². The molecular formula is C32H26N7O2+. The van der Waals surface area contributed by atoms with Crippen LogP contribution in [0.5, 0.6) is 0 Å². The number of nitrogens with zero attached hydrogens (tertiary/aromatic N) is 4. The van der Waals surface area contributed by atoms with Crippen LogP contribution in [-0.4, -0.2) is 25.5 Å². The minimum atomic E-state index is -0.564. The van der Waals surface area contributed by atoms with E-state index in [1.165, 1.54) is 0 Å². The fraction of sp³-hybridized carbons (Fsp3) is 0.0938. The summed E-state index contributed by atoms with van der Waals surface area (Å²) in [7, 11) is 0. The molecule has 41 heavy (non-hydrogen) atoms. The quantitative estimate of drug-likeness (QED) is 0.233. The zero-order valence-electron chi connectivity index (χ0n) is 22.4. The standard InChI is InChI=1S/C32H25N7O2/c1-20-22(11-7-16-34-20)14-15-23-9-6-10-24-19-26(39(32(41)27(23)24)25-12-4-3-5-13-25)21(2)36-31(40)28-29(33)37-38-18-8-17-35-30(28)38/h3-13,16-19,21H,1-2H3,(H3,33,36,37,40)/p+1. The Morgan fingerprint density at radius 3 is 2.56 bits per heavy atom. The third-order valence-corrected chi connectivity index (χ3v) is 6.93. The van der Waals surface area contributed by atoms with Crippen LogP contribution in [0.2, 0.25) is 0 Å². The molecule has 2 aromatic carbocycles. The highest BCUT2D eigenvalue weighted by atomic mass is 16.2. The van der Waals surface area contributed by atoms with Gasteiger partial charge in [-0.15, -0.1) is 4.52 Å². The number of nitrogens with one attached hydrogen (secondary N) is 2. The predicted octanol–water partition coefficient (Wildman–Crippen LogP) is 3.63. The maximum atomic E-state index is 14.2. The van der Waals surface area contributed by atoms with Gasteiger partial charge in [0.1, 0.15) is 12.4 Å². The molecule has 9 nitrogen and oxygen atoms in total. The number of nitrogens with two attached hydrogens (primary N) is 1. The minimum Gasteiger partial charge on any atom is -0.382 e. The highest BCUT2D eigenvalue weighted by Gasteiger charge is 2.27. The maximum absolute atomic E-state index is 14.2. The number of para-hydroxylation sites is 1. The summed E-state index contributed by atoms with van der Waals surface area (Å²) in [6.07, 6.45) is 5.04. The number of carbonyl (C=O) groups excluding carboxylic acids is 1. The van der Waals surface area contributed by atoms with Gasteiger partial charge < -0.3 is 11.1 Å². The molecule has 1 atom stereocenters. The smallest absolute Gasteiger partial charge is 0.362 e. The van der Waals surface area contributed by atoms with E-state index in [1.54, 1.807) is 33.7 Å². The number of carbonyl (C=O) groups is 1. The van der Waals surface area contributed by atoms with Gasteiger partial charge in [0.15, 0.2) is 11.4 Å². The van der Waals surface area contributed by atoms with Gasteiger partial charge in [-0.1, -0.05) is 42.2 Å². The fourth-order valence-corrected chi connectivity index (χ4v) is 4.92. The van der Waals surface area contributed by atoms with Crippen molar-refractivity contribution >= 4 is 28.1 Å². The third-order valence-electron chi connectivity index (χ3n) is 6.93. The minimum absolute atomic E-state index is 0.194. The van der Waals surface area contributed by atoms with Crippen molar-refractivity contribution in [2.45, 2.75) is 19.9 Å². The van der Waals surface area contributed by atoms with E-state index in [-0.39, 0.29) is 16.9 Å². The first kappa shape index (κ1) is 25.5. The number of rotatable bonds is 4. The van der Waals surface area contributed by atoms with E-state index in [0.717, 1.165) is 16.6 Å². The molecule has 1 unspecified atom stereocenters. The Labute approximate surface area is 235 Å². The number of H-pyrrole nitrogens is 1. The van der Waals surface area contributed by atoms with Crippen molar-refractivity contribution in [2.75, 3.05) is 5.73 Å². The second-order valence-corrected chi connectivity index (χ2v) is 9.61. The first-order valence-corrected chi connectivity index (χ1v) is 13.0. The van der Waals surface area contributed by atoms with Crippen molar-refractivity contribution < 1.29 is 9.31 Å². The molecular weight excluding hydrogens is 514 g/mol. The molecule has 0 saturated carbocycles. The Hall–Kier alpha value is -5.75. The van der Waals surface area contributed by atoms with Gasteiger partial charge in [-0.25, -0.2) is 5.10 Å². The molecule has 9 heteroatoms. The molecule has 0 aliphatic carbocycles. The lowest BCUT2D eigenvalue weighted by atomic mass is 10.0. The summed E-state index contributed by atoms with van der Waals surface area (Å²) >= 11 is 0. The topological polar surface area (TPSA) is 123 Å². The van der Waals surface area contributed by atoms with E-state index in [9.17, 15) is 9.59 Å². The molecule has 0 saturated heterocycles. The summed E-state index contributed by atoms with van der Waals surface area (Å²) < 4.78 is 3.21. The van der Waals surface area contributed by atoms with Crippen molar-refractivity contribution in [3.8, 4) is 17.5 Å². The van der Waals surface area contributed by atoms with Crippen LogP contribution >= 0.6 is 0 Å². The zero-order chi connectivity index (χ0) is 28.5. The maximum Gasteiger partial charge on any atom is 0.362 e. The molecule has 0 bridgehead atoms. The number of pyridine rings is 2. The molecule has 6 aromatic rings. The lowest BCUT2D eigenvalue weighted by molar-refractivity contribution is -0.577. The summed E-state index contributed by atoms with van der Waals surface area (Å²) in [5.74, 6) is 6.14. The van der Waals surface area contributed by atoms with Crippen molar-refractivity contribution in [1.82, 2.24) is 25.0 Å². The van der Waals surface area contributed by atoms with Crippen LogP contribution < -0.4 is 21.1 Å². The number of aryl methyl sites for hydroxylation is 1. The molecule has 0 aliphatic rings. The molecule has 4 aromatic heterocycles. The number of fused-ring (bicyclic) bond motifs is 2. The Balaban J connectivity index is 1.48. The van der Waals surface area contributed by atoms with Crippen molar-refractivity contribution in [3.05, 3.63) is 130 Å². The van der Waals surface area contributed by atoms with Gasteiger partial charge in [-0.3, -0.25) is 19.1 Å². The summed E-state index contributed by atoms with van der Waals surface area (Å²) in [5, 5.41) is 7.15. The second-order valence-electron chi connectivity index (χ2n) is 9.61.